The van der Waals surface area contributed by atoms with E-state index in [-0.39, 0.29) is 11.1 Å². The summed E-state index contributed by atoms with van der Waals surface area (Å²) >= 11 is 0. The maximum atomic E-state index is 12.2. The number of aromatic hydroxyl groups is 5. The number of benzene rings is 2. The smallest absolute Gasteiger partial charge is 0.201 e. The average Bonchev–Trinajstić information content (AvgIpc) is 2.47. The number of phenolic OH excluding ortho intramolecular Hbond substituents is 5. The lowest BCUT2D eigenvalue weighted by atomic mass is 10.0. The van der Waals surface area contributed by atoms with E-state index in [1.165, 1.54) is 0 Å². The van der Waals surface area contributed by atoms with Crippen molar-refractivity contribution < 1.29 is 30.3 Å². The molecule has 0 spiro atoms. The third kappa shape index (κ3) is 2.29. The first-order valence-electron chi connectivity index (χ1n) is 5.54. The van der Waals surface area contributed by atoms with Crippen molar-refractivity contribution in [3.05, 3.63) is 40.3 Å². The molecular weight excluding hydrogens is 282 g/mol. The predicted molar refractivity (Wildman–Crippen MR) is 70.1 cm³/mol. The molecule has 0 unspecified atom stereocenters. The van der Waals surface area contributed by atoms with Gasteiger partial charge in [-0.05, 0) is 29.4 Å². The van der Waals surface area contributed by atoms with E-state index in [1.54, 1.807) is 0 Å². The van der Waals surface area contributed by atoms with Crippen molar-refractivity contribution in [1.29, 1.82) is 0 Å². The number of nitroso groups, excluding NO2 is 1. The third-order valence-corrected chi connectivity index (χ3v) is 2.80. The van der Waals surface area contributed by atoms with Crippen LogP contribution in [0.1, 0.15) is 15.9 Å². The Kier molecular flexibility index (Phi) is 3.37. The van der Waals surface area contributed by atoms with Crippen LogP contribution in [0.4, 0.5) is 5.69 Å². The van der Waals surface area contributed by atoms with Gasteiger partial charge >= 0.3 is 0 Å². The Morgan fingerprint density at radius 3 is 2.14 bits per heavy atom. The van der Waals surface area contributed by atoms with Gasteiger partial charge in [0.1, 0.15) is 0 Å². The molecule has 0 aliphatic heterocycles. The van der Waals surface area contributed by atoms with Gasteiger partial charge in [0, 0.05) is 5.56 Å². The number of carbonyl (C=O) groups excluding carboxylic acids is 1. The van der Waals surface area contributed by atoms with Gasteiger partial charge in [-0.2, -0.15) is 0 Å². The van der Waals surface area contributed by atoms with Crippen molar-refractivity contribution >= 4 is 11.5 Å². The van der Waals surface area contributed by atoms with Crippen LogP contribution in [0.2, 0.25) is 0 Å². The van der Waals surface area contributed by atoms with Crippen LogP contribution in [-0.2, 0) is 0 Å². The van der Waals surface area contributed by atoms with Crippen LogP contribution in [0.5, 0.6) is 28.7 Å². The van der Waals surface area contributed by atoms with Gasteiger partial charge in [0.2, 0.25) is 5.75 Å². The normalized spacial score (nSPS) is 10.3. The number of hydrogen-bond acceptors (Lipinski definition) is 8. The standard InChI is InChI=1S/C13H9NO7/c15-8-2-1-6(11(18)13(8)20)10(17)5-3-7(14-21)12(19)9(16)4-5/h1-4,15-16,18-20H. The molecule has 2 aromatic carbocycles. The first-order chi connectivity index (χ1) is 9.86. The molecule has 2 rings (SSSR count). The minimum absolute atomic E-state index is 0.250. The molecule has 0 radical (unpaired) electrons. The highest BCUT2D eigenvalue weighted by Gasteiger charge is 2.21. The Hall–Kier alpha value is -3.29. The van der Waals surface area contributed by atoms with E-state index in [4.69, 9.17) is 0 Å². The highest BCUT2D eigenvalue weighted by molar-refractivity contribution is 6.12. The van der Waals surface area contributed by atoms with Crippen LogP contribution < -0.4 is 0 Å². The van der Waals surface area contributed by atoms with Crippen molar-refractivity contribution in [2.75, 3.05) is 0 Å². The predicted octanol–water partition coefficient (Wildman–Crippen LogP) is 1.84. The molecular formula is C13H9NO7. The van der Waals surface area contributed by atoms with E-state index in [1.807, 2.05) is 0 Å². The molecule has 0 bridgehead atoms. The highest BCUT2D eigenvalue weighted by atomic mass is 16.3. The van der Waals surface area contributed by atoms with E-state index in [0.717, 1.165) is 24.3 Å². The second kappa shape index (κ2) is 5.00. The Balaban J connectivity index is 2.58. The molecule has 0 amide bonds. The maximum Gasteiger partial charge on any atom is 0.201 e. The molecule has 0 atom stereocenters. The van der Waals surface area contributed by atoms with Crippen LogP contribution in [0.15, 0.2) is 29.4 Å². The minimum Gasteiger partial charge on any atom is -0.504 e. The summed E-state index contributed by atoms with van der Waals surface area (Å²) in [5.74, 6) is -4.72. The first kappa shape index (κ1) is 14.1. The Morgan fingerprint density at radius 1 is 0.857 bits per heavy atom. The van der Waals surface area contributed by atoms with Gasteiger partial charge in [0.05, 0.1) is 5.56 Å². The zero-order chi connectivity index (χ0) is 15.7. The molecule has 0 heterocycles. The topological polar surface area (TPSA) is 148 Å². The summed E-state index contributed by atoms with van der Waals surface area (Å²) in [6.45, 7) is 0. The number of phenols is 5. The number of nitrogens with zero attached hydrogens (tertiary/aromatic N) is 1. The maximum absolute atomic E-state index is 12.2. The monoisotopic (exact) mass is 291 g/mol. The van der Waals surface area contributed by atoms with Gasteiger partial charge < -0.3 is 25.5 Å². The zero-order valence-corrected chi connectivity index (χ0v) is 10.3. The van der Waals surface area contributed by atoms with Gasteiger partial charge in [-0.25, -0.2) is 0 Å². The zero-order valence-electron chi connectivity index (χ0n) is 10.3. The Labute approximate surface area is 117 Å². The number of rotatable bonds is 3. The molecule has 108 valence electrons. The molecule has 21 heavy (non-hydrogen) atoms. The summed E-state index contributed by atoms with van der Waals surface area (Å²) in [5.41, 5.74) is -1.17. The summed E-state index contributed by atoms with van der Waals surface area (Å²) in [5, 5.41) is 49.4. The fourth-order valence-corrected chi connectivity index (χ4v) is 1.71. The van der Waals surface area contributed by atoms with Crippen molar-refractivity contribution in [1.82, 2.24) is 0 Å². The van der Waals surface area contributed by atoms with Crippen molar-refractivity contribution in [2.24, 2.45) is 5.18 Å². The first-order valence-corrected chi connectivity index (χ1v) is 5.54. The molecule has 0 aliphatic carbocycles. The fourth-order valence-electron chi connectivity index (χ4n) is 1.71. The third-order valence-electron chi connectivity index (χ3n) is 2.80. The van der Waals surface area contributed by atoms with Crippen molar-refractivity contribution in [3.63, 3.8) is 0 Å². The molecule has 2 aromatic rings. The summed E-state index contributed by atoms with van der Waals surface area (Å²) in [6, 6.07) is 3.81. The van der Waals surface area contributed by atoms with E-state index in [9.17, 15) is 35.2 Å². The molecule has 0 fully saturated rings. The van der Waals surface area contributed by atoms with Crippen molar-refractivity contribution in [3.8, 4) is 28.7 Å². The lowest BCUT2D eigenvalue weighted by Gasteiger charge is -2.08. The van der Waals surface area contributed by atoms with E-state index in [2.05, 4.69) is 5.18 Å². The van der Waals surface area contributed by atoms with Gasteiger partial charge in [-0.1, -0.05) is 0 Å². The molecule has 8 nitrogen and oxygen atoms in total. The number of ketones is 1. The molecule has 0 saturated heterocycles. The van der Waals surface area contributed by atoms with Crippen LogP contribution >= 0.6 is 0 Å². The summed E-state index contributed by atoms with van der Waals surface area (Å²) in [7, 11) is 0. The van der Waals surface area contributed by atoms with E-state index >= 15 is 0 Å². The lowest BCUT2D eigenvalue weighted by molar-refractivity contribution is 0.103. The molecule has 0 aromatic heterocycles. The number of carbonyl (C=O) groups is 1. The molecule has 8 heteroatoms. The lowest BCUT2D eigenvalue weighted by Crippen LogP contribution is -2.01. The fraction of sp³-hybridized carbons (Fsp3) is 0. The van der Waals surface area contributed by atoms with Gasteiger partial charge in [0.25, 0.3) is 0 Å². The van der Waals surface area contributed by atoms with Gasteiger partial charge in [-0.15, -0.1) is 4.91 Å². The SMILES string of the molecule is O=Nc1cc(C(=O)c2ccc(O)c(O)c2O)cc(O)c1O. The second-order valence-electron chi connectivity index (χ2n) is 4.11. The summed E-state index contributed by atoms with van der Waals surface area (Å²) in [6.07, 6.45) is 0. The summed E-state index contributed by atoms with van der Waals surface area (Å²) < 4.78 is 0. The summed E-state index contributed by atoms with van der Waals surface area (Å²) in [4.78, 5) is 22.7. The minimum atomic E-state index is -0.877. The second-order valence-corrected chi connectivity index (χ2v) is 4.11. The highest BCUT2D eigenvalue weighted by Crippen LogP contribution is 2.40. The van der Waals surface area contributed by atoms with Gasteiger partial charge in [-0.3, -0.25) is 4.79 Å². The largest absolute Gasteiger partial charge is 0.504 e. The molecule has 0 saturated carbocycles. The van der Waals surface area contributed by atoms with Gasteiger partial charge in [0.15, 0.2) is 34.5 Å². The van der Waals surface area contributed by atoms with Crippen LogP contribution in [-0.4, -0.2) is 31.3 Å². The van der Waals surface area contributed by atoms with E-state index < -0.39 is 40.2 Å². The van der Waals surface area contributed by atoms with Crippen LogP contribution in [0.3, 0.4) is 0 Å². The van der Waals surface area contributed by atoms with Crippen molar-refractivity contribution in [2.45, 2.75) is 0 Å². The molecule has 5 N–H and O–H groups in total. The molecule has 0 aliphatic rings. The Morgan fingerprint density at radius 2 is 1.52 bits per heavy atom. The quantitative estimate of drug-likeness (QED) is 0.329. The number of hydrogen-bond donors (Lipinski definition) is 5. The van der Waals surface area contributed by atoms with E-state index in [0.29, 0.717) is 0 Å². The van der Waals surface area contributed by atoms with Crippen LogP contribution in [0, 0.1) is 4.91 Å². The average molecular weight is 291 g/mol. The van der Waals surface area contributed by atoms with Crippen LogP contribution in [0.25, 0.3) is 0 Å². The Bertz CT molecular complexity index is 755.